The maximum absolute atomic E-state index is 13.4. The number of methoxy groups -OCH3 is 4. The number of carbonyl (C=O) groups is 1. The number of rotatable bonds is 6. The predicted molar refractivity (Wildman–Crippen MR) is 135 cm³/mol. The second kappa shape index (κ2) is 9.25. The van der Waals surface area contributed by atoms with Crippen molar-refractivity contribution in [3.05, 3.63) is 71.4 Å². The summed E-state index contributed by atoms with van der Waals surface area (Å²) < 4.78 is 21.7. The van der Waals surface area contributed by atoms with Gasteiger partial charge in [-0.2, -0.15) is 0 Å². The highest BCUT2D eigenvalue weighted by Crippen LogP contribution is 2.35. The number of benzene rings is 3. The third-order valence-corrected chi connectivity index (χ3v) is 6.57. The Morgan fingerprint density at radius 3 is 2.09 bits per heavy atom. The van der Waals surface area contributed by atoms with E-state index in [1.807, 2.05) is 53.4 Å². The molecule has 0 saturated heterocycles. The van der Waals surface area contributed by atoms with Crippen LogP contribution in [0.3, 0.4) is 0 Å². The second-order valence-electron chi connectivity index (χ2n) is 8.51. The van der Waals surface area contributed by atoms with Crippen molar-refractivity contribution in [3.63, 3.8) is 0 Å². The number of hydrogen-bond donors (Lipinski definition) is 1. The third-order valence-electron chi connectivity index (χ3n) is 6.57. The lowest BCUT2D eigenvalue weighted by atomic mass is 9.98. The molecular weight excluding hydrogens is 444 g/mol. The van der Waals surface area contributed by atoms with E-state index in [4.69, 9.17) is 18.9 Å². The van der Waals surface area contributed by atoms with Crippen molar-refractivity contribution < 1.29 is 23.7 Å². The average Bonchev–Trinajstić information content (AvgIpc) is 3.34. The molecule has 7 heteroatoms. The van der Waals surface area contributed by atoms with Gasteiger partial charge in [0.2, 0.25) is 0 Å². The van der Waals surface area contributed by atoms with E-state index in [2.05, 4.69) is 11.1 Å². The minimum absolute atomic E-state index is 0.0192. The van der Waals surface area contributed by atoms with E-state index in [-0.39, 0.29) is 5.91 Å². The molecule has 0 fully saturated rings. The van der Waals surface area contributed by atoms with Crippen LogP contribution in [0.2, 0.25) is 0 Å². The molecule has 0 spiro atoms. The minimum Gasteiger partial charge on any atom is -0.493 e. The van der Waals surface area contributed by atoms with Gasteiger partial charge in [-0.1, -0.05) is 12.1 Å². The first-order valence-electron chi connectivity index (χ1n) is 11.4. The Morgan fingerprint density at radius 1 is 0.743 bits per heavy atom. The quantitative estimate of drug-likeness (QED) is 0.424. The summed E-state index contributed by atoms with van der Waals surface area (Å²) in [6.45, 7) is 1.17. The van der Waals surface area contributed by atoms with Gasteiger partial charge in [0.25, 0.3) is 5.91 Å². The summed E-state index contributed by atoms with van der Waals surface area (Å²) in [5.74, 6) is 2.73. The number of hydrogen-bond acceptors (Lipinski definition) is 5. The fourth-order valence-electron chi connectivity index (χ4n) is 4.67. The van der Waals surface area contributed by atoms with Gasteiger partial charge in [-0.05, 0) is 71.1 Å². The van der Waals surface area contributed by atoms with E-state index in [0.29, 0.717) is 41.8 Å². The van der Waals surface area contributed by atoms with Crippen molar-refractivity contribution in [1.82, 2.24) is 9.88 Å². The number of aromatic nitrogens is 1. The molecule has 0 aliphatic carbocycles. The first-order chi connectivity index (χ1) is 17.0. The molecule has 2 heterocycles. The summed E-state index contributed by atoms with van der Waals surface area (Å²) in [6.07, 6.45) is 0.769. The van der Waals surface area contributed by atoms with Gasteiger partial charge in [-0.25, -0.2) is 0 Å². The topological polar surface area (TPSA) is 73.0 Å². The van der Waals surface area contributed by atoms with Crippen LogP contribution >= 0.6 is 0 Å². The van der Waals surface area contributed by atoms with Crippen molar-refractivity contribution in [2.45, 2.75) is 13.0 Å². The second-order valence-corrected chi connectivity index (χ2v) is 8.51. The standard InChI is InChI=1S/C28H28N2O5/c1-32-24-8-6-18(13-25(24)33-2)17-5-7-22-20(11-17)12-23(29-22)28(31)30-10-9-19-14-26(34-3)27(35-4)15-21(19)16-30/h5-8,11-15,29H,9-10,16H2,1-4H3. The lowest BCUT2D eigenvalue weighted by Crippen LogP contribution is -2.36. The van der Waals surface area contributed by atoms with E-state index in [9.17, 15) is 4.79 Å². The summed E-state index contributed by atoms with van der Waals surface area (Å²) in [4.78, 5) is 18.5. The molecule has 0 bridgehead atoms. The fourth-order valence-corrected chi connectivity index (χ4v) is 4.67. The van der Waals surface area contributed by atoms with Crippen LogP contribution in [-0.4, -0.2) is 50.8 Å². The Kier molecular flexibility index (Phi) is 5.99. The summed E-state index contributed by atoms with van der Waals surface area (Å²) in [5, 5.41) is 0.976. The Morgan fingerprint density at radius 2 is 1.37 bits per heavy atom. The molecule has 1 aliphatic heterocycles. The molecule has 0 radical (unpaired) electrons. The monoisotopic (exact) mass is 472 g/mol. The van der Waals surface area contributed by atoms with Crippen LogP contribution < -0.4 is 18.9 Å². The SMILES string of the molecule is COc1ccc(-c2ccc3[nH]c(C(=O)N4CCc5cc(OC)c(OC)cc5C4)cc3c2)cc1OC. The van der Waals surface area contributed by atoms with Crippen LogP contribution in [0.25, 0.3) is 22.0 Å². The van der Waals surface area contributed by atoms with Gasteiger partial charge in [0.05, 0.1) is 28.4 Å². The van der Waals surface area contributed by atoms with E-state index >= 15 is 0 Å². The van der Waals surface area contributed by atoms with Crippen molar-refractivity contribution in [1.29, 1.82) is 0 Å². The summed E-state index contributed by atoms with van der Waals surface area (Å²) >= 11 is 0. The molecule has 7 nitrogen and oxygen atoms in total. The van der Waals surface area contributed by atoms with Crippen LogP contribution in [0.15, 0.2) is 54.6 Å². The maximum atomic E-state index is 13.4. The molecule has 1 aliphatic rings. The van der Waals surface area contributed by atoms with Crippen LogP contribution in [-0.2, 0) is 13.0 Å². The highest BCUT2D eigenvalue weighted by Gasteiger charge is 2.25. The summed E-state index contributed by atoms with van der Waals surface area (Å²) in [5.41, 5.74) is 5.80. The van der Waals surface area contributed by atoms with E-state index in [1.165, 1.54) is 5.56 Å². The van der Waals surface area contributed by atoms with Gasteiger partial charge in [0.15, 0.2) is 23.0 Å². The summed E-state index contributed by atoms with van der Waals surface area (Å²) in [6, 6.07) is 17.8. The van der Waals surface area contributed by atoms with Crippen molar-refractivity contribution in [2.24, 2.45) is 0 Å². The zero-order valence-corrected chi connectivity index (χ0v) is 20.3. The van der Waals surface area contributed by atoms with Gasteiger partial charge in [0.1, 0.15) is 5.69 Å². The summed E-state index contributed by atoms with van der Waals surface area (Å²) in [7, 11) is 6.50. The largest absolute Gasteiger partial charge is 0.493 e. The van der Waals surface area contributed by atoms with Crippen molar-refractivity contribution in [2.75, 3.05) is 35.0 Å². The first kappa shape index (κ1) is 22.7. The molecule has 1 amide bonds. The molecule has 5 rings (SSSR count). The van der Waals surface area contributed by atoms with Crippen molar-refractivity contribution in [3.8, 4) is 34.1 Å². The van der Waals surface area contributed by atoms with Crippen LogP contribution in [0.5, 0.6) is 23.0 Å². The number of amides is 1. The predicted octanol–water partition coefficient (Wildman–Crippen LogP) is 5.07. The zero-order valence-electron chi connectivity index (χ0n) is 20.3. The highest BCUT2D eigenvalue weighted by molar-refractivity contribution is 5.99. The van der Waals surface area contributed by atoms with Gasteiger partial charge >= 0.3 is 0 Å². The Balaban J connectivity index is 1.40. The smallest absolute Gasteiger partial charge is 0.270 e. The molecule has 180 valence electrons. The number of H-pyrrole nitrogens is 1. The number of carbonyl (C=O) groups excluding carboxylic acids is 1. The Labute approximate surface area is 204 Å². The average molecular weight is 473 g/mol. The fraction of sp³-hybridized carbons (Fsp3) is 0.250. The molecule has 3 aromatic carbocycles. The third kappa shape index (κ3) is 4.14. The number of nitrogens with one attached hydrogen (secondary N) is 1. The molecule has 4 aromatic rings. The van der Waals surface area contributed by atoms with E-state index < -0.39 is 0 Å². The first-order valence-corrected chi connectivity index (χ1v) is 11.4. The number of ether oxygens (including phenoxy) is 4. The minimum atomic E-state index is -0.0192. The molecule has 0 saturated carbocycles. The van der Waals surface area contributed by atoms with Gasteiger partial charge < -0.3 is 28.8 Å². The molecule has 35 heavy (non-hydrogen) atoms. The van der Waals surface area contributed by atoms with Crippen LogP contribution in [0, 0.1) is 0 Å². The lowest BCUT2D eigenvalue weighted by Gasteiger charge is -2.29. The van der Waals surface area contributed by atoms with E-state index in [1.54, 1.807) is 28.4 Å². The van der Waals surface area contributed by atoms with Gasteiger partial charge in [-0.15, -0.1) is 0 Å². The normalized spacial score (nSPS) is 12.9. The lowest BCUT2D eigenvalue weighted by molar-refractivity contribution is 0.0729. The van der Waals surface area contributed by atoms with Crippen molar-refractivity contribution >= 4 is 16.8 Å². The Hall–Kier alpha value is -4.13. The molecule has 1 N–H and O–H groups in total. The number of nitrogens with zero attached hydrogens (tertiary/aromatic N) is 1. The van der Waals surface area contributed by atoms with Crippen LogP contribution in [0.4, 0.5) is 0 Å². The number of aromatic amines is 1. The number of fused-ring (bicyclic) bond motifs is 2. The van der Waals surface area contributed by atoms with E-state index in [0.717, 1.165) is 34.0 Å². The molecule has 0 atom stereocenters. The van der Waals surface area contributed by atoms with Crippen LogP contribution in [0.1, 0.15) is 21.6 Å². The van der Waals surface area contributed by atoms with Gasteiger partial charge in [0, 0.05) is 24.0 Å². The molecular formula is C28H28N2O5. The zero-order chi connectivity index (χ0) is 24.5. The highest BCUT2D eigenvalue weighted by atomic mass is 16.5. The maximum Gasteiger partial charge on any atom is 0.270 e. The molecule has 1 aromatic heterocycles. The van der Waals surface area contributed by atoms with Gasteiger partial charge in [-0.3, -0.25) is 4.79 Å². The molecule has 0 unspecified atom stereocenters. The Bertz CT molecular complexity index is 1410.